The van der Waals surface area contributed by atoms with Crippen molar-refractivity contribution >= 4 is 0 Å². The molecule has 0 aliphatic carbocycles. The van der Waals surface area contributed by atoms with Crippen molar-refractivity contribution in [2.24, 2.45) is 0 Å². The average Bonchev–Trinajstić information content (AvgIpc) is 2.68. The number of hydrogen-bond donors (Lipinski definition) is 2. The smallest absolute Gasteiger partial charge is 0.183 e. The summed E-state index contributed by atoms with van der Waals surface area (Å²) < 4.78 is 10.5. The lowest BCUT2D eigenvalue weighted by Gasteiger charge is -2.17. The molecule has 0 amide bonds. The van der Waals surface area contributed by atoms with Gasteiger partial charge in [0.2, 0.25) is 0 Å². The Morgan fingerprint density at radius 3 is 2.50 bits per heavy atom. The van der Waals surface area contributed by atoms with Gasteiger partial charge in [0.25, 0.3) is 0 Å². The van der Waals surface area contributed by atoms with Gasteiger partial charge in [0, 0.05) is 31.9 Å². The molecule has 6 nitrogen and oxygen atoms in total. The maximum atomic E-state index is 9.51. The van der Waals surface area contributed by atoms with Gasteiger partial charge in [0.15, 0.2) is 11.5 Å². The van der Waals surface area contributed by atoms with Crippen molar-refractivity contribution in [1.29, 1.82) is 0 Å². The third kappa shape index (κ3) is 2.55. The number of ether oxygens (including phenoxy) is 2. The van der Waals surface area contributed by atoms with E-state index >= 15 is 0 Å². The Morgan fingerprint density at radius 1 is 1.28 bits per heavy atom. The molecule has 0 saturated carbocycles. The number of β-amino-alcohol motifs (C(OH)–C–C–N with tert-alkyl or cyclic N) is 2. The molecule has 1 fully saturated rings. The molecule has 0 spiro atoms. The second kappa shape index (κ2) is 5.51. The van der Waals surface area contributed by atoms with Crippen LogP contribution in [0, 0.1) is 0 Å². The summed E-state index contributed by atoms with van der Waals surface area (Å²) in [4.78, 5) is 6.19. The average molecular weight is 254 g/mol. The Hall–Kier alpha value is -1.37. The monoisotopic (exact) mass is 254 g/mol. The van der Waals surface area contributed by atoms with Crippen LogP contribution in [0.5, 0.6) is 11.5 Å². The number of aliphatic hydroxyl groups is 2. The van der Waals surface area contributed by atoms with E-state index < -0.39 is 12.2 Å². The van der Waals surface area contributed by atoms with Gasteiger partial charge in [-0.25, -0.2) is 0 Å². The molecule has 1 aromatic heterocycles. The number of likely N-dealkylation sites (tertiary alicyclic amines) is 1. The van der Waals surface area contributed by atoms with Crippen LogP contribution in [0.25, 0.3) is 0 Å². The minimum atomic E-state index is -0.693. The second-order valence-corrected chi connectivity index (χ2v) is 4.32. The zero-order valence-electron chi connectivity index (χ0n) is 10.5. The number of aromatic nitrogens is 1. The molecule has 1 aliphatic rings. The number of pyridine rings is 1. The first-order chi connectivity index (χ1) is 8.65. The Kier molecular flexibility index (Phi) is 4.00. The van der Waals surface area contributed by atoms with Crippen LogP contribution in [0.4, 0.5) is 0 Å². The summed E-state index contributed by atoms with van der Waals surface area (Å²) >= 11 is 0. The summed E-state index contributed by atoms with van der Waals surface area (Å²) in [6.45, 7) is 1.38. The van der Waals surface area contributed by atoms with E-state index in [2.05, 4.69) is 4.98 Å². The van der Waals surface area contributed by atoms with Crippen LogP contribution in [0.1, 0.15) is 5.69 Å². The first-order valence-electron chi connectivity index (χ1n) is 5.80. The van der Waals surface area contributed by atoms with Crippen molar-refractivity contribution < 1.29 is 19.7 Å². The third-order valence-corrected chi connectivity index (χ3v) is 3.07. The van der Waals surface area contributed by atoms with Crippen LogP contribution < -0.4 is 9.47 Å². The number of methoxy groups -OCH3 is 2. The highest BCUT2D eigenvalue weighted by molar-refractivity contribution is 5.42. The van der Waals surface area contributed by atoms with Crippen molar-refractivity contribution in [1.82, 2.24) is 9.88 Å². The predicted molar refractivity (Wildman–Crippen MR) is 64.6 cm³/mol. The molecule has 0 radical (unpaired) electrons. The molecule has 2 rings (SSSR count). The molecule has 2 unspecified atom stereocenters. The number of rotatable bonds is 4. The van der Waals surface area contributed by atoms with E-state index in [1.54, 1.807) is 26.5 Å². The van der Waals surface area contributed by atoms with Crippen LogP contribution in [-0.2, 0) is 6.54 Å². The second-order valence-electron chi connectivity index (χ2n) is 4.32. The number of nitrogens with zero attached hydrogens (tertiary/aromatic N) is 2. The molecule has 2 N–H and O–H groups in total. The number of hydrogen-bond acceptors (Lipinski definition) is 6. The maximum Gasteiger partial charge on any atom is 0.183 e. The van der Waals surface area contributed by atoms with E-state index in [1.165, 1.54) is 0 Å². The molecule has 2 heterocycles. The first-order valence-corrected chi connectivity index (χ1v) is 5.80. The third-order valence-electron chi connectivity index (χ3n) is 3.07. The Morgan fingerprint density at radius 2 is 1.94 bits per heavy atom. The molecule has 6 heteroatoms. The lowest BCUT2D eigenvalue weighted by Crippen LogP contribution is -2.22. The minimum Gasteiger partial charge on any atom is -0.493 e. The van der Waals surface area contributed by atoms with E-state index in [-0.39, 0.29) is 0 Å². The quantitative estimate of drug-likeness (QED) is 0.764. The van der Waals surface area contributed by atoms with Crippen LogP contribution >= 0.6 is 0 Å². The molecule has 0 aromatic carbocycles. The van der Waals surface area contributed by atoms with Gasteiger partial charge in [-0.1, -0.05) is 0 Å². The van der Waals surface area contributed by atoms with Crippen LogP contribution in [0.15, 0.2) is 12.3 Å². The summed E-state index contributed by atoms with van der Waals surface area (Å²) in [5.41, 5.74) is 0.734. The largest absolute Gasteiger partial charge is 0.493 e. The molecular formula is C12H18N2O4. The highest BCUT2D eigenvalue weighted by Crippen LogP contribution is 2.30. The Balaban J connectivity index is 2.14. The van der Waals surface area contributed by atoms with Crippen LogP contribution in [0.2, 0.25) is 0 Å². The molecule has 0 bridgehead atoms. The van der Waals surface area contributed by atoms with E-state index in [0.29, 0.717) is 31.1 Å². The van der Waals surface area contributed by atoms with Gasteiger partial charge in [-0.05, 0) is 0 Å². The first kappa shape index (κ1) is 13.1. The van der Waals surface area contributed by atoms with E-state index in [9.17, 15) is 10.2 Å². The van der Waals surface area contributed by atoms with Crippen molar-refractivity contribution in [3.8, 4) is 11.5 Å². The van der Waals surface area contributed by atoms with E-state index in [4.69, 9.17) is 9.47 Å². The molecule has 2 atom stereocenters. The summed E-state index contributed by atoms with van der Waals surface area (Å²) in [5.74, 6) is 1.22. The fourth-order valence-electron chi connectivity index (χ4n) is 2.15. The predicted octanol–water partition coefficient (Wildman–Crippen LogP) is -0.364. The number of aliphatic hydroxyl groups excluding tert-OH is 2. The highest BCUT2D eigenvalue weighted by Gasteiger charge is 2.30. The van der Waals surface area contributed by atoms with Gasteiger partial charge in [0.05, 0.1) is 26.4 Å². The minimum absolute atomic E-state index is 0.434. The molecule has 1 saturated heterocycles. The van der Waals surface area contributed by atoms with Gasteiger partial charge in [0.1, 0.15) is 5.69 Å². The van der Waals surface area contributed by atoms with Crippen molar-refractivity contribution in [2.75, 3.05) is 27.3 Å². The zero-order chi connectivity index (χ0) is 13.1. The Bertz CT molecular complexity index is 403. The van der Waals surface area contributed by atoms with E-state index in [0.717, 1.165) is 5.69 Å². The van der Waals surface area contributed by atoms with Crippen molar-refractivity contribution in [3.63, 3.8) is 0 Å². The van der Waals surface area contributed by atoms with Gasteiger partial charge in [-0.2, -0.15) is 0 Å². The van der Waals surface area contributed by atoms with Gasteiger partial charge < -0.3 is 19.7 Å². The molecular weight excluding hydrogens is 236 g/mol. The maximum absolute atomic E-state index is 9.51. The zero-order valence-corrected chi connectivity index (χ0v) is 10.5. The fourth-order valence-corrected chi connectivity index (χ4v) is 2.15. The summed E-state index contributed by atoms with van der Waals surface area (Å²) in [6.07, 6.45) is 0.266. The van der Waals surface area contributed by atoms with Gasteiger partial charge in [-0.15, -0.1) is 0 Å². The van der Waals surface area contributed by atoms with Gasteiger partial charge in [-0.3, -0.25) is 9.88 Å². The summed E-state index contributed by atoms with van der Waals surface area (Å²) in [7, 11) is 3.14. The lowest BCUT2D eigenvalue weighted by molar-refractivity contribution is 0.0572. The van der Waals surface area contributed by atoms with Crippen molar-refractivity contribution in [3.05, 3.63) is 18.0 Å². The summed E-state index contributed by atoms with van der Waals surface area (Å²) in [6, 6.07) is 1.73. The summed E-state index contributed by atoms with van der Waals surface area (Å²) in [5, 5.41) is 19.0. The molecule has 1 aliphatic heterocycles. The van der Waals surface area contributed by atoms with Crippen LogP contribution in [0.3, 0.4) is 0 Å². The fraction of sp³-hybridized carbons (Fsp3) is 0.583. The van der Waals surface area contributed by atoms with Crippen LogP contribution in [-0.4, -0.2) is 59.6 Å². The molecule has 18 heavy (non-hydrogen) atoms. The standard InChI is InChI=1S/C12H18N2O4/c1-17-11-3-4-13-8(12(11)18-2)5-14-6-9(15)10(16)7-14/h3-4,9-10,15-16H,5-7H2,1-2H3. The van der Waals surface area contributed by atoms with Crippen molar-refractivity contribution in [2.45, 2.75) is 18.8 Å². The Labute approximate surface area is 106 Å². The highest BCUT2D eigenvalue weighted by atomic mass is 16.5. The van der Waals surface area contributed by atoms with Gasteiger partial charge >= 0.3 is 0 Å². The molecule has 1 aromatic rings. The van der Waals surface area contributed by atoms with E-state index in [1.807, 2.05) is 4.90 Å². The lowest BCUT2D eigenvalue weighted by atomic mass is 10.3. The molecule has 100 valence electrons. The topological polar surface area (TPSA) is 75.1 Å². The normalized spacial score (nSPS) is 24.2. The SMILES string of the molecule is COc1ccnc(CN2CC(O)C(O)C2)c1OC.